The minimum absolute atomic E-state index is 0.0174. The van der Waals surface area contributed by atoms with Crippen molar-refractivity contribution >= 4 is 11.8 Å². The molecule has 4 aromatic rings. The van der Waals surface area contributed by atoms with Crippen molar-refractivity contribution in [3.8, 4) is 22.9 Å². The Balaban J connectivity index is 1.38. The molecule has 0 spiro atoms. The van der Waals surface area contributed by atoms with Crippen LogP contribution in [0.3, 0.4) is 0 Å². The Bertz CT molecular complexity index is 1320. The predicted octanol–water partition coefficient (Wildman–Crippen LogP) is 4.22. The summed E-state index contributed by atoms with van der Waals surface area (Å²) in [6, 6.07) is 9.76. The van der Waals surface area contributed by atoms with Gasteiger partial charge in [0.15, 0.2) is 17.5 Å². The number of cyclic esters (lactones) is 1. The van der Waals surface area contributed by atoms with Crippen molar-refractivity contribution in [3.63, 3.8) is 0 Å². The van der Waals surface area contributed by atoms with Crippen LogP contribution in [0.5, 0.6) is 0 Å². The monoisotopic (exact) mass is 480 g/mol. The van der Waals surface area contributed by atoms with Crippen LogP contribution >= 0.6 is 0 Å². The van der Waals surface area contributed by atoms with Gasteiger partial charge in [0.25, 0.3) is 0 Å². The standard InChI is InChI=1S/C24H22F2N6O3/c25-17-6-2-1-4-15(17)14-32-21(19-9-11-34-31-19)12-20(30-32)24-28-13-18(26)23(29-24)27-10-8-16-5-3-7-22(33)35-16/h1-2,4,6,9,11-13,16H,3,5,7-8,10,14H2,(H,27,28,29). The smallest absolute Gasteiger partial charge is 0.306 e. The minimum atomic E-state index is -0.614. The van der Waals surface area contributed by atoms with E-state index in [-0.39, 0.29) is 36.1 Å². The summed E-state index contributed by atoms with van der Waals surface area (Å²) < 4.78 is 40.5. The Kier molecular flexibility index (Phi) is 6.47. The van der Waals surface area contributed by atoms with E-state index in [4.69, 9.17) is 9.26 Å². The highest BCUT2D eigenvalue weighted by atomic mass is 19.1. The third kappa shape index (κ3) is 5.18. The molecule has 5 rings (SSSR count). The number of hydrogen-bond acceptors (Lipinski definition) is 8. The third-order valence-corrected chi connectivity index (χ3v) is 5.70. The SMILES string of the molecule is O=C1CCCC(CCNc2nc(-c3cc(-c4ccon4)n(Cc4ccccc4F)n3)ncc2F)O1. The predicted molar refractivity (Wildman–Crippen MR) is 121 cm³/mol. The number of carbonyl (C=O) groups excluding carboxylic acids is 1. The third-order valence-electron chi connectivity index (χ3n) is 5.70. The van der Waals surface area contributed by atoms with Crippen molar-refractivity contribution in [2.75, 3.05) is 11.9 Å². The summed E-state index contributed by atoms with van der Waals surface area (Å²) in [5, 5.41) is 11.5. The summed E-state index contributed by atoms with van der Waals surface area (Å²) in [6.45, 7) is 0.512. The number of benzene rings is 1. The van der Waals surface area contributed by atoms with Crippen LogP contribution < -0.4 is 5.32 Å². The summed E-state index contributed by atoms with van der Waals surface area (Å²) >= 11 is 0. The lowest BCUT2D eigenvalue weighted by Crippen LogP contribution is -2.25. The molecule has 1 unspecified atom stereocenters. The zero-order valence-corrected chi connectivity index (χ0v) is 18.7. The van der Waals surface area contributed by atoms with Crippen LogP contribution in [0.1, 0.15) is 31.2 Å². The van der Waals surface area contributed by atoms with Gasteiger partial charge < -0.3 is 14.6 Å². The van der Waals surface area contributed by atoms with E-state index in [2.05, 4.69) is 25.5 Å². The molecular formula is C24H22F2N6O3. The molecule has 0 aliphatic carbocycles. The van der Waals surface area contributed by atoms with E-state index in [0.29, 0.717) is 42.0 Å². The molecule has 0 bridgehead atoms. The molecule has 1 saturated heterocycles. The zero-order valence-electron chi connectivity index (χ0n) is 18.7. The van der Waals surface area contributed by atoms with Gasteiger partial charge in [-0.2, -0.15) is 5.10 Å². The van der Waals surface area contributed by atoms with Gasteiger partial charge in [-0.05, 0) is 25.0 Å². The Morgan fingerprint density at radius 1 is 1.14 bits per heavy atom. The highest BCUT2D eigenvalue weighted by Gasteiger charge is 2.21. The van der Waals surface area contributed by atoms with Gasteiger partial charge in [0, 0.05) is 31.0 Å². The average Bonchev–Trinajstić information content (AvgIpc) is 3.52. The Morgan fingerprint density at radius 2 is 2.03 bits per heavy atom. The number of aromatic nitrogens is 5. The van der Waals surface area contributed by atoms with E-state index < -0.39 is 5.82 Å². The van der Waals surface area contributed by atoms with Crippen molar-refractivity contribution in [3.05, 3.63) is 66.1 Å². The molecule has 3 aromatic heterocycles. The zero-order chi connectivity index (χ0) is 24.2. The maximum Gasteiger partial charge on any atom is 0.306 e. The maximum absolute atomic E-state index is 14.4. The van der Waals surface area contributed by atoms with Gasteiger partial charge in [0.2, 0.25) is 0 Å². The first-order chi connectivity index (χ1) is 17.1. The minimum Gasteiger partial charge on any atom is -0.462 e. The lowest BCUT2D eigenvalue weighted by atomic mass is 10.1. The lowest BCUT2D eigenvalue weighted by Gasteiger charge is -2.22. The van der Waals surface area contributed by atoms with Gasteiger partial charge in [-0.3, -0.25) is 9.48 Å². The van der Waals surface area contributed by atoms with Crippen LogP contribution in [0.25, 0.3) is 22.9 Å². The average molecular weight is 480 g/mol. The molecule has 1 aliphatic rings. The van der Waals surface area contributed by atoms with E-state index in [0.717, 1.165) is 19.0 Å². The number of nitrogens with one attached hydrogen (secondary N) is 1. The molecule has 11 heteroatoms. The molecular weight excluding hydrogens is 458 g/mol. The number of anilines is 1. The molecule has 1 fully saturated rings. The van der Waals surface area contributed by atoms with Crippen LogP contribution in [0.2, 0.25) is 0 Å². The molecule has 1 aliphatic heterocycles. The van der Waals surface area contributed by atoms with Crippen molar-refractivity contribution in [1.82, 2.24) is 24.9 Å². The summed E-state index contributed by atoms with van der Waals surface area (Å²) in [5.41, 5.74) is 1.88. The van der Waals surface area contributed by atoms with E-state index >= 15 is 0 Å². The van der Waals surface area contributed by atoms with Gasteiger partial charge in [-0.15, -0.1) is 0 Å². The number of rotatable bonds is 8. The van der Waals surface area contributed by atoms with Gasteiger partial charge >= 0.3 is 5.97 Å². The van der Waals surface area contributed by atoms with Crippen LogP contribution in [0.4, 0.5) is 14.6 Å². The number of carbonyl (C=O) groups is 1. The first kappa shape index (κ1) is 22.6. The molecule has 1 N–H and O–H groups in total. The van der Waals surface area contributed by atoms with Crippen molar-refractivity contribution in [1.29, 1.82) is 0 Å². The molecule has 35 heavy (non-hydrogen) atoms. The van der Waals surface area contributed by atoms with Gasteiger partial charge in [-0.1, -0.05) is 23.4 Å². The second-order valence-electron chi connectivity index (χ2n) is 8.16. The van der Waals surface area contributed by atoms with E-state index in [1.54, 1.807) is 35.0 Å². The number of esters is 1. The summed E-state index contributed by atoms with van der Waals surface area (Å²) in [7, 11) is 0. The molecule has 0 radical (unpaired) electrons. The number of halogens is 2. The van der Waals surface area contributed by atoms with Crippen LogP contribution in [-0.4, -0.2) is 43.5 Å². The summed E-state index contributed by atoms with van der Waals surface area (Å²) in [4.78, 5) is 19.8. The van der Waals surface area contributed by atoms with Crippen molar-refractivity contribution in [2.24, 2.45) is 0 Å². The van der Waals surface area contributed by atoms with Crippen molar-refractivity contribution in [2.45, 2.75) is 38.3 Å². The first-order valence-electron chi connectivity index (χ1n) is 11.2. The molecule has 1 atom stereocenters. The second-order valence-corrected chi connectivity index (χ2v) is 8.16. The highest BCUT2D eigenvalue weighted by molar-refractivity contribution is 5.70. The highest BCUT2D eigenvalue weighted by Crippen LogP contribution is 2.26. The van der Waals surface area contributed by atoms with Crippen LogP contribution in [-0.2, 0) is 16.1 Å². The van der Waals surface area contributed by atoms with Crippen molar-refractivity contribution < 1.29 is 22.8 Å². The van der Waals surface area contributed by atoms with E-state index in [9.17, 15) is 13.6 Å². The largest absolute Gasteiger partial charge is 0.462 e. The number of ether oxygens (including phenoxy) is 1. The first-order valence-corrected chi connectivity index (χ1v) is 11.2. The Morgan fingerprint density at radius 3 is 2.83 bits per heavy atom. The van der Waals surface area contributed by atoms with Gasteiger partial charge in [0.1, 0.15) is 29.6 Å². The second kappa shape index (κ2) is 10.00. The van der Waals surface area contributed by atoms with Crippen LogP contribution in [0.15, 0.2) is 53.4 Å². The van der Waals surface area contributed by atoms with E-state index in [1.807, 2.05) is 0 Å². The summed E-state index contributed by atoms with van der Waals surface area (Å²) in [5.74, 6) is -0.967. The topological polar surface area (TPSA) is 108 Å². The quantitative estimate of drug-likeness (QED) is 0.374. The Hall–Kier alpha value is -4.15. The van der Waals surface area contributed by atoms with E-state index in [1.165, 1.54) is 12.3 Å². The fourth-order valence-electron chi connectivity index (χ4n) is 3.93. The van der Waals surface area contributed by atoms with Gasteiger partial charge in [0.05, 0.1) is 18.4 Å². The fraction of sp³-hybridized carbons (Fsp3) is 0.292. The molecule has 180 valence electrons. The lowest BCUT2D eigenvalue weighted by molar-refractivity contribution is -0.153. The van der Waals surface area contributed by atoms with Gasteiger partial charge in [-0.25, -0.2) is 18.7 Å². The molecule has 4 heterocycles. The molecule has 0 amide bonds. The number of nitrogens with zero attached hydrogens (tertiary/aromatic N) is 5. The normalized spacial score (nSPS) is 15.7. The maximum atomic E-state index is 14.4. The van der Waals surface area contributed by atoms with Crippen LogP contribution in [0, 0.1) is 11.6 Å². The molecule has 1 aromatic carbocycles. The molecule has 9 nitrogen and oxygen atoms in total. The fourth-order valence-corrected chi connectivity index (χ4v) is 3.93. The Labute approximate surface area is 199 Å². The summed E-state index contributed by atoms with van der Waals surface area (Å²) in [6.07, 6.45) is 4.86. The molecule has 0 saturated carbocycles. The number of hydrogen-bond donors (Lipinski definition) is 1.